The lowest BCUT2D eigenvalue weighted by Gasteiger charge is -2.14. The molecule has 38 heavy (non-hydrogen) atoms. The van der Waals surface area contributed by atoms with Gasteiger partial charge in [-0.2, -0.15) is 13.2 Å². The molecule has 0 saturated heterocycles. The van der Waals surface area contributed by atoms with Gasteiger partial charge in [-0.05, 0) is 54.4 Å². The van der Waals surface area contributed by atoms with E-state index in [4.69, 9.17) is 5.14 Å². The summed E-state index contributed by atoms with van der Waals surface area (Å²) in [6.45, 7) is 0.184. The van der Waals surface area contributed by atoms with Gasteiger partial charge in [-0.3, -0.25) is 14.2 Å². The van der Waals surface area contributed by atoms with E-state index in [1.54, 1.807) is 36.4 Å². The maximum atomic E-state index is 13.2. The van der Waals surface area contributed by atoms with Crippen molar-refractivity contribution in [1.29, 1.82) is 0 Å². The molecule has 198 valence electrons. The highest BCUT2D eigenvalue weighted by molar-refractivity contribution is 7.99. The Hall–Kier alpha value is -3.68. The van der Waals surface area contributed by atoms with Crippen molar-refractivity contribution in [2.75, 3.05) is 11.1 Å². The second kappa shape index (κ2) is 11.0. The third-order valence-corrected chi connectivity index (χ3v) is 7.41. The normalized spacial score (nSPS) is 12.0. The van der Waals surface area contributed by atoms with Crippen LogP contribution in [0.5, 0.6) is 0 Å². The molecule has 0 spiro atoms. The van der Waals surface area contributed by atoms with Gasteiger partial charge < -0.3 is 5.32 Å². The maximum Gasteiger partial charge on any atom is 0.416 e. The predicted molar refractivity (Wildman–Crippen MR) is 138 cm³/mol. The summed E-state index contributed by atoms with van der Waals surface area (Å²) in [6, 6.07) is 17.0. The van der Waals surface area contributed by atoms with E-state index in [-0.39, 0.29) is 33.6 Å². The van der Waals surface area contributed by atoms with Gasteiger partial charge in [0.05, 0.1) is 27.1 Å². The van der Waals surface area contributed by atoms with Crippen molar-refractivity contribution in [2.45, 2.75) is 29.2 Å². The zero-order valence-corrected chi connectivity index (χ0v) is 21.2. The van der Waals surface area contributed by atoms with Gasteiger partial charge in [-0.1, -0.05) is 42.1 Å². The van der Waals surface area contributed by atoms with Gasteiger partial charge in [0.25, 0.3) is 5.56 Å². The lowest BCUT2D eigenvalue weighted by atomic mass is 10.1. The van der Waals surface area contributed by atoms with Gasteiger partial charge >= 0.3 is 6.18 Å². The average molecular weight is 563 g/mol. The van der Waals surface area contributed by atoms with Gasteiger partial charge in [0, 0.05) is 12.2 Å². The highest BCUT2D eigenvalue weighted by Crippen LogP contribution is 2.30. The Morgan fingerprint density at radius 1 is 1.03 bits per heavy atom. The molecule has 4 rings (SSSR count). The molecule has 0 fully saturated rings. The summed E-state index contributed by atoms with van der Waals surface area (Å²) >= 11 is 0.976. The smallest absolute Gasteiger partial charge is 0.325 e. The van der Waals surface area contributed by atoms with Gasteiger partial charge in [0.1, 0.15) is 0 Å². The molecule has 3 N–H and O–H groups in total. The standard InChI is InChI=1S/C25H21F3N4O4S2/c26-25(27,28)17-4-3-5-18(14-17)30-22(33)15-37-24-31-21-7-2-1-6-20(21)23(34)32(24)13-12-16-8-10-19(11-9-16)38(29,35)36/h1-11,14H,12-13,15H2,(H,30,33)(H2,29,35,36). The highest BCUT2D eigenvalue weighted by Gasteiger charge is 2.30. The quantitative estimate of drug-likeness (QED) is 0.247. The Balaban J connectivity index is 1.54. The molecule has 0 radical (unpaired) electrons. The first-order chi connectivity index (χ1) is 17.9. The number of para-hydroxylation sites is 1. The van der Waals surface area contributed by atoms with Crippen molar-refractivity contribution < 1.29 is 26.4 Å². The minimum atomic E-state index is -4.54. The van der Waals surface area contributed by atoms with E-state index in [0.717, 1.165) is 29.5 Å². The number of hydrogen-bond donors (Lipinski definition) is 2. The molecule has 0 atom stereocenters. The second-order valence-corrected chi connectivity index (χ2v) is 10.7. The Morgan fingerprint density at radius 3 is 2.42 bits per heavy atom. The number of hydrogen-bond acceptors (Lipinski definition) is 6. The number of rotatable bonds is 8. The number of thioether (sulfide) groups is 1. The lowest BCUT2D eigenvalue weighted by Crippen LogP contribution is -2.25. The van der Waals surface area contributed by atoms with E-state index < -0.39 is 27.7 Å². The molecule has 0 aliphatic rings. The Morgan fingerprint density at radius 2 is 1.74 bits per heavy atom. The highest BCUT2D eigenvalue weighted by atomic mass is 32.2. The van der Waals surface area contributed by atoms with Crippen LogP contribution in [0.25, 0.3) is 10.9 Å². The number of primary sulfonamides is 1. The molecule has 8 nitrogen and oxygen atoms in total. The number of amides is 1. The number of alkyl halides is 3. The van der Waals surface area contributed by atoms with E-state index >= 15 is 0 Å². The van der Waals surface area contributed by atoms with Crippen LogP contribution in [0.2, 0.25) is 0 Å². The number of carbonyl (C=O) groups excluding carboxylic acids is 1. The average Bonchev–Trinajstić information content (AvgIpc) is 2.86. The van der Waals surface area contributed by atoms with E-state index in [1.165, 1.54) is 28.8 Å². The number of aromatic nitrogens is 2. The zero-order valence-electron chi connectivity index (χ0n) is 19.6. The van der Waals surface area contributed by atoms with Crippen LogP contribution in [0.15, 0.2) is 87.6 Å². The number of aryl methyl sites for hydroxylation is 1. The van der Waals surface area contributed by atoms with Gasteiger partial charge in [-0.25, -0.2) is 18.5 Å². The summed E-state index contributed by atoms with van der Waals surface area (Å²) in [5.41, 5.74) is -0.0254. The first-order valence-corrected chi connectivity index (χ1v) is 13.7. The molecule has 0 aliphatic carbocycles. The van der Waals surface area contributed by atoms with Gasteiger partial charge in [0.15, 0.2) is 5.16 Å². The van der Waals surface area contributed by atoms with Gasteiger partial charge in [0.2, 0.25) is 15.9 Å². The number of halogens is 3. The lowest BCUT2D eigenvalue weighted by molar-refractivity contribution is -0.137. The summed E-state index contributed by atoms with van der Waals surface area (Å²) in [4.78, 5) is 30.2. The van der Waals surface area contributed by atoms with E-state index in [2.05, 4.69) is 10.3 Å². The molecule has 0 bridgehead atoms. The third kappa shape index (κ3) is 6.60. The van der Waals surface area contributed by atoms with Crippen LogP contribution in [0.4, 0.5) is 18.9 Å². The summed E-state index contributed by atoms with van der Waals surface area (Å²) in [7, 11) is -3.83. The van der Waals surface area contributed by atoms with Crippen LogP contribution in [0.3, 0.4) is 0 Å². The Labute approximate surface area is 219 Å². The molecule has 0 unspecified atom stereocenters. The second-order valence-electron chi connectivity index (χ2n) is 8.22. The van der Waals surface area contributed by atoms with Crippen molar-refractivity contribution in [1.82, 2.24) is 9.55 Å². The number of nitrogens with two attached hydrogens (primary N) is 1. The predicted octanol–water partition coefficient (Wildman–Crippen LogP) is 4.04. The first-order valence-electron chi connectivity index (χ1n) is 11.1. The Bertz CT molecular complexity index is 1650. The van der Waals surface area contributed by atoms with Crippen LogP contribution >= 0.6 is 11.8 Å². The number of carbonyl (C=O) groups is 1. The van der Waals surface area contributed by atoms with Crippen molar-refractivity contribution in [2.24, 2.45) is 5.14 Å². The number of nitrogens with zero attached hydrogens (tertiary/aromatic N) is 2. The molecular weight excluding hydrogens is 541 g/mol. The fraction of sp³-hybridized carbons (Fsp3) is 0.160. The number of fused-ring (bicyclic) bond motifs is 1. The fourth-order valence-corrected chi connectivity index (χ4v) is 4.98. The SMILES string of the molecule is NS(=O)(=O)c1ccc(CCn2c(SCC(=O)Nc3cccc(C(F)(F)F)c3)nc3ccccc3c2=O)cc1. The van der Waals surface area contributed by atoms with E-state index in [9.17, 15) is 31.2 Å². The number of sulfonamides is 1. The third-order valence-electron chi connectivity index (χ3n) is 5.51. The van der Waals surface area contributed by atoms with Crippen LogP contribution in [-0.4, -0.2) is 29.6 Å². The first kappa shape index (κ1) is 27.4. The fourth-order valence-electron chi connectivity index (χ4n) is 3.64. The minimum absolute atomic E-state index is 0.00257. The van der Waals surface area contributed by atoms with Crippen molar-refractivity contribution in [3.05, 3.63) is 94.3 Å². The van der Waals surface area contributed by atoms with Crippen LogP contribution in [0.1, 0.15) is 11.1 Å². The molecule has 1 heterocycles. The monoisotopic (exact) mass is 562 g/mol. The maximum absolute atomic E-state index is 13.2. The van der Waals surface area contributed by atoms with Crippen LogP contribution in [-0.2, 0) is 34.0 Å². The molecule has 4 aromatic rings. The van der Waals surface area contributed by atoms with Crippen molar-refractivity contribution >= 4 is 44.3 Å². The van der Waals surface area contributed by atoms with E-state index in [1.807, 2.05) is 0 Å². The van der Waals surface area contributed by atoms with Crippen LogP contribution in [0, 0.1) is 0 Å². The van der Waals surface area contributed by atoms with Crippen molar-refractivity contribution in [3.63, 3.8) is 0 Å². The Kier molecular flexibility index (Phi) is 7.90. The summed E-state index contributed by atoms with van der Waals surface area (Å²) in [5.74, 6) is -0.772. The van der Waals surface area contributed by atoms with Crippen molar-refractivity contribution in [3.8, 4) is 0 Å². The number of nitrogens with one attached hydrogen (secondary N) is 1. The summed E-state index contributed by atoms with van der Waals surface area (Å²) in [5, 5.41) is 8.21. The number of anilines is 1. The molecule has 0 saturated carbocycles. The molecule has 3 aromatic carbocycles. The molecule has 1 aromatic heterocycles. The minimum Gasteiger partial charge on any atom is -0.325 e. The van der Waals surface area contributed by atoms with Crippen LogP contribution < -0.4 is 16.0 Å². The molecule has 13 heteroatoms. The molecule has 1 amide bonds. The van der Waals surface area contributed by atoms with E-state index in [0.29, 0.717) is 17.3 Å². The zero-order chi connectivity index (χ0) is 27.5. The van der Waals surface area contributed by atoms with Gasteiger partial charge in [-0.15, -0.1) is 0 Å². The molecular formula is C25H21F3N4O4S2. The summed E-state index contributed by atoms with van der Waals surface area (Å²) in [6.07, 6.45) is -4.19. The molecule has 0 aliphatic heterocycles. The largest absolute Gasteiger partial charge is 0.416 e. The topological polar surface area (TPSA) is 124 Å². The number of benzene rings is 3. The summed E-state index contributed by atoms with van der Waals surface area (Å²) < 4.78 is 63.3.